The Bertz CT molecular complexity index is 390. The van der Waals surface area contributed by atoms with Crippen molar-refractivity contribution in [3.8, 4) is 0 Å². The Kier molecular flexibility index (Phi) is 10.1. The van der Waals surface area contributed by atoms with Gasteiger partial charge in [-0.05, 0) is 13.3 Å². The number of rotatable bonds is 8. The van der Waals surface area contributed by atoms with E-state index in [1.165, 1.54) is 0 Å². The van der Waals surface area contributed by atoms with Gasteiger partial charge >= 0.3 is 0 Å². The largest absolute Gasteiger partial charge is 0.383 e. The van der Waals surface area contributed by atoms with Crippen LogP contribution >= 0.6 is 0 Å². The van der Waals surface area contributed by atoms with Gasteiger partial charge in [0.25, 0.3) is 0 Å². The van der Waals surface area contributed by atoms with Crippen LogP contribution in [0.25, 0.3) is 0 Å². The molecule has 1 aliphatic heterocycles. The molecule has 7 nitrogen and oxygen atoms in total. The molecule has 1 rings (SSSR count). The van der Waals surface area contributed by atoms with Crippen molar-refractivity contribution in [2.75, 3.05) is 66.6 Å². The number of nitrogens with zero attached hydrogens (tertiary/aromatic N) is 3. The van der Waals surface area contributed by atoms with E-state index >= 15 is 0 Å². The highest BCUT2D eigenvalue weighted by molar-refractivity contribution is 5.80. The smallest absolute Gasteiger partial charge is 0.234 e. The predicted molar refractivity (Wildman–Crippen MR) is 93.7 cm³/mol. The first-order chi connectivity index (χ1) is 11.2. The van der Waals surface area contributed by atoms with Crippen LogP contribution in [0, 0.1) is 0 Å². The first-order valence-electron chi connectivity index (χ1n) is 8.26. The summed E-state index contributed by atoms with van der Waals surface area (Å²) in [5, 5.41) is 6.23. The maximum absolute atomic E-state index is 11.8. The van der Waals surface area contributed by atoms with Crippen LogP contribution in [-0.2, 0) is 9.53 Å². The Balaban J connectivity index is 2.26. The van der Waals surface area contributed by atoms with Gasteiger partial charge in [0.15, 0.2) is 5.96 Å². The average molecular weight is 325 g/mol. The number of methoxy groups -OCH3 is 1. The number of aliphatic imine (C=N–C) groups is 1. The zero-order valence-corrected chi connectivity index (χ0v) is 14.7. The van der Waals surface area contributed by atoms with Gasteiger partial charge in [-0.2, -0.15) is 0 Å². The molecular weight excluding hydrogens is 294 g/mol. The number of amides is 1. The molecular formula is C16H31N5O2. The van der Waals surface area contributed by atoms with Crippen molar-refractivity contribution in [1.82, 2.24) is 20.4 Å². The van der Waals surface area contributed by atoms with Crippen LogP contribution in [0.15, 0.2) is 17.1 Å². The molecule has 7 heteroatoms. The third-order valence-corrected chi connectivity index (χ3v) is 3.71. The van der Waals surface area contributed by atoms with Crippen molar-refractivity contribution in [2.24, 2.45) is 4.99 Å². The molecule has 1 fully saturated rings. The highest BCUT2D eigenvalue weighted by Gasteiger charge is 2.20. The number of guanidine groups is 1. The van der Waals surface area contributed by atoms with Crippen LogP contribution in [0.5, 0.6) is 0 Å². The van der Waals surface area contributed by atoms with Crippen molar-refractivity contribution in [3.63, 3.8) is 0 Å². The Morgan fingerprint density at radius 2 is 1.96 bits per heavy atom. The van der Waals surface area contributed by atoms with E-state index in [0.717, 1.165) is 45.1 Å². The molecule has 0 atom stereocenters. The minimum absolute atomic E-state index is 0.0596. The van der Waals surface area contributed by atoms with Crippen LogP contribution < -0.4 is 10.6 Å². The first kappa shape index (κ1) is 19.4. The van der Waals surface area contributed by atoms with Crippen molar-refractivity contribution in [1.29, 1.82) is 0 Å². The number of allylic oxidation sites excluding steroid dienone is 1. The van der Waals surface area contributed by atoms with Crippen molar-refractivity contribution in [3.05, 3.63) is 12.2 Å². The molecule has 1 aliphatic rings. The standard InChI is InChI=1S/C16H31N5O2/c1-4-5-6-7-19-16(17-2)21-11-9-20(10-12-21)14-15(22)18-8-13-23-3/h4-5H,6-14H2,1-3H3,(H,17,19)(H,18,22)/b5-4+. The molecule has 0 aromatic heterocycles. The van der Waals surface area contributed by atoms with Gasteiger partial charge in [-0.3, -0.25) is 14.7 Å². The minimum Gasteiger partial charge on any atom is -0.383 e. The van der Waals surface area contributed by atoms with Crippen LogP contribution in [0.1, 0.15) is 13.3 Å². The quantitative estimate of drug-likeness (QED) is 0.282. The second-order valence-electron chi connectivity index (χ2n) is 5.44. The number of carbonyl (C=O) groups excluding carboxylic acids is 1. The Morgan fingerprint density at radius 1 is 1.22 bits per heavy atom. The van der Waals surface area contributed by atoms with Gasteiger partial charge in [-0.15, -0.1) is 0 Å². The molecule has 0 radical (unpaired) electrons. The molecule has 0 saturated carbocycles. The zero-order chi connectivity index (χ0) is 16.9. The van der Waals surface area contributed by atoms with Crippen molar-refractivity contribution < 1.29 is 9.53 Å². The van der Waals surface area contributed by atoms with E-state index < -0.39 is 0 Å². The molecule has 23 heavy (non-hydrogen) atoms. The average Bonchev–Trinajstić information content (AvgIpc) is 2.56. The van der Waals surface area contributed by atoms with E-state index in [4.69, 9.17) is 4.74 Å². The maximum atomic E-state index is 11.8. The third kappa shape index (κ3) is 7.99. The second-order valence-corrected chi connectivity index (χ2v) is 5.44. The summed E-state index contributed by atoms with van der Waals surface area (Å²) in [6.45, 7) is 7.99. The summed E-state index contributed by atoms with van der Waals surface area (Å²) in [5.74, 6) is 1.00. The second kappa shape index (κ2) is 11.9. The lowest BCUT2D eigenvalue weighted by Gasteiger charge is -2.36. The number of hydrogen-bond acceptors (Lipinski definition) is 4. The summed E-state index contributed by atoms with van der Waals surface area (Å²) in [7, 11) is 3.44. The molecule has 0 aliphatic carbocycles. The molecule has 1 heterocycles. The summed E-state index contributed by atoms with van der Waals surface area (Å²) < 4.78 is 4.92. The number of piperazine rings is 1. The molecule has 1 amide bonds. The fourth-order valence-corrected chi connectivity index (χ4v) is 2.44. The van der Waals surface area contributed by atoms with Crippen LogP contribution in [-0.4, -0.2) is 88.2 Å². The van der Waals surface area contributed by atoms with E-state index in [1.807, 2.05) is 14.0 Å². The van der Waals surface area contributed by atoms with Gasteiger partial charge < -0.3 is 20.3 Å². The first-order valence-corrected chi connectivity index (χ1v) is 8.26. The van der Waals surface area contributed by atoms with Crippen molar-refractivity contribution >= 4 is 11.9 Å². The molecule has 0 bridgehead atoms. The monoisotopic (exact) mass is 325 g/mol. The Morgan fingerprint density at radius 3 is 2.57 bits per heavy atom. The molecule has 1 saturated heterocycles. The zero-order valence-electron chi connectivity index (χ0n) is 14.7. The molecule has 0 spiro atoms. The summed E-state index contributed by atoms with van der Waals surface area (Å²) in [5.41, 5.74) is 0. The third-order valence-electron chi connectivity index (χ3n) is 3.71. The number of hydrogen-bond donors (Lipinski definition) is 2. The summed E-state index contributed by atoms with van der Waals surface area (Å²) >= 11 is 0. The van der Waals surface area contributed by atoms with Gasteiger partial charge in [-0.25, -0.2) is 0 Å². The Labute approximate surface area is 139 Å². The summed E-state index contributed by atoms with van der Waals surface area (Å²) in [6, 6.07) is 0. The van der Waals surface area contributed by atoms with Crippen molar-refractivity contribution in [2.45, 2.75) is 13.3 Å². The van der Waals surface area contributed by atoms with E-state index in [9.17, 15) is 4.79 Å². The molecule has 0 unspecified atom stereocenters. The normalized spacial score (nSPS) is 16.8. The molecule has 0 aromatic carbocycles. The van der Waals surface area contributed by atoms with Gasteiger partial charge in [0.1, 0.15) is 0 Å². The predicted octanol–water partition coefficient (Wildman–Crippen LogP) is -0.0918. The van der Waals surface area contributed by atoms with Gasteiger partial charge in [0.05, 0.1) is 13.2 Å². The van der Waals surface area contributed by atoms with E-state index in [-0.39, 0.29) is 5.91 Å². The molecule has 0 aromatic rings. The van der Waals surface area contributed by atoms with Gasteiger partial charge in [-0.1, -0.05) is 12.2 Å². The number of nitrogens with one attached hydrogen (secondary N) is 2. The molecule has 132 valence electrons. The van der Waals surface area contributed by atoms with Gasteiger partial charge in [0.2, 0.25) is 5.91 Å². The SMILES string of the molecule is C/C=C/CCNC(=NC)N1CCN(CC(=O)NCCOC)CC1. The lowest BCUT2D eigenvalue weighted by Crippen LogP contribution is -2.54. The Hall–Kier alpha value is -1.60. The van der Waals surface area contributed by atoms with Crippen LogP contribution in [0.2, 0.25) is 0 Å². The van der Waals surface area contributed by atoms with E-state index in [0.29, 0.717) is 19.7 Å². The fourth-order valence-electron chi connectivity index (χ4n) is 2.44. The summed E-state index contributed by atoms with van der Waals surface area (Å²) in [4.78, 5) is 20.6. The fraction of sp³-hybridized carbons (Fsp3) is 0.750. The maximum Gasteiger partial charge on any atom is 0.234 e. The minimum atomic E-state index is 0.0596. The van der Waals surface area contributed by atoms with Crippen LogP contribution in [0.4, 0.5) is 0 Å². The van der Waals surface area contributed by atoms with Crippen LogP contribution in [0.3, 0.4) is 0 Å². The summed E-state index contributed by atoms with van der Waals surface area (Å²) in [6.07, 6.45) is 5.19. The highest BCUT2D eigenvalue weighted by atomic mass is 16.5. The van der Waals surface area contributed by atoms with E-state index in [2.05, 4.69) is 37.6 Å². The lowest BCUT2D eigenvalue weighted by molar-refractivity contribution is -0.122. The molecule has 2 N–H and O–H groups in total. The number of carbonyl (C=O) groups is 1. The highest BCUT2D eigenvalue weighted by Crippen LogP contribution is 2.02. The van der Waals surface area contributed by atoms with E-state index in [1.54, 1.807) is 7.11 Å². The lowest BCUT2D eigenvalue weighted by atomic mass is 10.3. The van der Waals surface area contributed by atoms with Gasteiger partial charge in [0, 0.05) is 53.4 Å². The topological polar surface area (TPSA) is 69.2 Å². The number of ether oxygens (including phenoxy) is 1.